The van der Waals surface area contributed by atoms with Gasteiger partial charge in [-0.05, 0) is 35.6 Å². The summed E-state index contributed by atoms with van der Waals surface area (Å²) in [5, 5.41) is 0. The molecular weight excluding hydrogens is 230 g/mol. The van der Waals surface area contributed by atoms with Crippen molar-refractivity contribution in [2.24, 2.45) is 5.92 Å². The molecule has 1 nitrogen and oxygen atoms in total. The molecule has 5 rings (SSSR count). The van der Waals surface area contributed by atoms with Gasteiger partial charge >= 0.3 is 0 Å². The highest BCUT2D eigenvalue weighted by Crippen LogP contribution is 2.57. The Morgan fingerprint density at radius 3 is 1.95 bits per heavy atom. The van der Waals surface area contributed by atoms with Crippen LogP contribution in [0.2, 0.25) is 0 Å². The number of hydrogen-bond acceptors (Lipinski definition) is 1. The van der Waals surface area contributed by atoms with Crippen LogP contribution in [0.4, 0.5) is 11.4 Å². The van der Waals surface area contributed by atoms with Crippen LogP contribution in [0, 0.1) is 5.92 Å². The van der Waals surface area contributed by atoms with Crippen molar-refractivity contribution in [3.05, 3.63) is 59.7 Å². The molecule has 0 fully saturated rings. The molecular formula is C18H19N. The lowest BCUT2D eigenvalue weighted by Crippen LogP contribution is -2.48. The second-order valence-corrected chi connectivity index (χ2v) is 6.06. The van der Waals surface area contributed by atoms with Crippen molar-refractivity contribution in [2.45, 2.75) is 25.7 Å². The lowest BCUT2D eigenvalue weighted by atomic mass is 9.60. The van der Waals surface area contributed by atoms with Gasteiger partial charge in [-0.15, -0.1) is 0 Å². The molecule has 0 spiro atoms. The van der Waals surface area contributed by atoms with Crippen LogP contribution in [0.1, 0.15) is 31.4 Å². The maximum absolute atomic E-state index is 2.49. The van der Waals surface area contributed by atoms with E-state index in [1.807, 2.05) is 0 Å². The minimum absolute atomic E-state index is 0.210. The summed E-state index contributed by atoms with van der Waals surface area (Å²) in [6.07, 6.45) is 1.23. The predicted octanol–water partition coefficient (Wildman–Crippen LogP) is 4.48. The van der Waals surface area contributed by atoms with Crippen LogP contribution in [0.3, 0.4) is 0 Å². The first-order chi connectivity index (χ1) is 9.25. The van der Waals surface area contributed by atoms with E-state index < -0.39 is 0 Å². The summed E-state index contributed by atoms with van der Waals surface area (Å²) in [5.41, 5.74) is 6.09. The molecule has 0 N–H and O–H groups in total. The van der Waals surface area contributed by atoms with Crippen molar-refractivity contribution in [1.82, 2.24) is 0 Å². The monoisotopic (exact) mass is 249 g/mol. The van der Waals surface area contributed by atoms with E-state index in [1.165, 1.54) is 28.9 Å². The van der Waals surface area contributed by atoms with E-state index in [-0.39, 0.29) is 5.41 Å². The zero-order valence-corrected chi connectivity index (χ0v) is 11.6. The fraction of sp³-hybridized carbons (Fsp3) is 0.333. The third-order valence-corrected chi connectivity index (χ3v) is 5.07. The van der Waals surface area contributed by atoms with E-state index in [1.54, 1.807) is 0 Å². The Kier molecular flexibility index (Phi) is 2.12. The number of hydrogen-bond donors (Lipinski definition) is 0. The summed E-state index contributed by atoms with van der Waals surface area (Å²) in [6.45, 7) is 5.88. The molecule has 2 aromatic rings. The van der Waals surface area contributed by atoms with Gasteiger partial charge in [0.2, 0.25) is 0 Å². The smallest absolute Gasteiger partial charge is 0.0452 e. The van der Waals surface area contributed by atoms with Crippen molar-refractivity contribution in [3.8, 4) is 0 Å². The van der Waals surface area contributed by atoms with Gasteiger partial charge in [0.25, 0.3) is 0 Å². The zero-order chi connectivity index (χ0) is 13.0. The topological polar surface area (TPSA) is 3.24 Å². The molecule has 0 saturated heterocycles. The van der Waals surface area contributed by atoms with Crippen LogP contribution in [0.5, 0.6) is 0 Å². The number of para-hydroxylation sites is 2. The van der Waals surface area contributed by atoms with Gasteiger partial charge in [0, 0.05) is 23.3 Å². The van der Waals surface area contributed by atoms with Crippen LogP contribution in [-0.2, 0) is 5.41 Å². The predicted molar refractivity (Wildman–Crippen MR) is 80.1 cm³/mol. The summed E-state index contributed by atoms with van der Waals surface area (Å²) in [5.74, 6) is 0.622. The second-order valence-electron chi connectivity index (χ2n) is 6.06. The van der Waals surface area contributed by atoms with Crippen LogP contribution in [0.25, 0.3) is 0 Å². The van der Waals surface area contributed by atoms with E-state index in [0.29, 0.717) is 5.92 Å². The second kappa shape index (κ2) is 3.63. The molecule has 3 aliphatic rings. The van der Waals surface area contributed by atoms with Crippen molar-refractivity contribution < 1.29 is 0 Å². The maximum Gasteiger partial charge on any atom is 0.0452 e. The molecule has 3 aliphatic heterocycles. The number of rotatable bonds is 1. The van der Waals surface area contributed by atoms with Gasteiger partial charge in [-0.1, -0.05) is 50.2 Å². The minimum atomic E-state index is 0.210. The Balaban J connectivity index is 2.10. The Bertz CT molecular complexity index is 594. The summed E-state index contributed by atoms with van der Waals surface area (Å²) < 4.78 is 0. The van der Waals surface area contributed by atoms with Crippen molar-refractivity contribution in [2.75, 3.05) is 11.4 Å². The zero-order valence-electron chi connectivity index (χ0n) is 11.6. The van der Waals surface area contributed by atoms with Gasteiger partial charge in [0.05, 0.1) is 0 Å². The summed E-state index contributed by atoms with van der Waals surface area (Å²) in [7, 11) is 0. The van der Waals surface area contributed by atoms with Crippen molar-refractivity contribution in [3.63, 3.8) is 0 Å². The van der Waals surface area contributed by atoms with Gasteiger partial charge in [-0.25, -0.2) is 0 Å². The van der Waals surface area contributed by atoms with E-state index >= 15 is 0 Å². The van der Waals surface area contributed by atoms with Crippen LogP contribution in [-0.4, -0.2) is 6.54 Å². The van der Waals surface area contributed by atoms with Crippen molar-refractivity contribution >= 4 is 11.4 Å². The molecule has 0 saturated carbocycles. The fourth-order valence-corrected chi connectivity index (χ4v) is 4.16. The first-order valence-electron chi connectivity index (χ1n) is 7.22. The van der Waals surface area contributed by atoms with Gasteiger partial charge in [-0.2, -0.15) is 0 Å². The standard InChI is InChI=1S/C18H19N/c1-13(2)18-11-12-19(16-9-5-3-7-14(16)18)17-10-6-4-8-15(17)18/h3-10,13H,11-12H2,1-2H3. The van der Waals surface area contributed by atoms with Gasteiger partial charge in [0.1, 0.15) is 0 Å². The molecule has 96 valence electrons. The van der Waals surface area contributed by atoms with Crippen molar-refractivity contribution in [1.29, 1.82) is 0 Å². The number of fused-ring (bicyclic) bond motifs is 1. The SMILES string of the molecule is CC(C)C12CCN(c3ccccc31)c1ccccc12. The number of benzene rings is 2. The molecule has 0 aromatic heterocycles. The molecule has 0 amide bonds. The molecule has 1 heteroatoms. The van der Waals surface area contributed by atoms with Crippen LogP contribution >= 0.6 is 0 Å². The van der Waals surface area contributed by atoms with E-state index in [9.17, 15) is 0 Å². The fourth-order valence-electron chi connectivity index (χ4n) is 4.16. The molecule has 2 aromatic carbocycles. The third-order valence-electron chi connectivity index (χ3n) is 5.07. The largest absolute Gasteiger partial charge is 0.341 e. The van der Waals surface area contributed by atoms with E-state index in [2.05, 4.69) is 67.3 Å². The Morgan fingerprint density at radius 1 is 0.895 bits per heavy atom. The molecule has 0 radical (unpaired) electrons. The summed E-state index contributed by atoms with van der Waals surface area (Å²) in [4.78, 5) is 2.49. The lowest BCUT2D eigenvalue weighted by molar-refractivity contribution is 0.326. The molecule has 2 bridgehead atoms. The van der Waals surface area contributed by atoms with E-state index in [4.69, 9.17) is 0 Å². The maximum atomic E-state index is 2.49. The van der Waals surface area contributed by atoms with Gasteiger partial charge in [-0.3, -0.25) is 0 Å². The normalized spacial score (nSPS) is 18.4. The van der Waals surface area contributed by atoms with Gasteiger partial charge < -0.3 is 4.90 Å². The Morgan fingerprint density at radius 2 is 1.42 bits per heavy atom. The molecule has 0 aliphatic carbocycles. The van der Waals surface area contributed by atoms with E-state index in [0.717, 1.165) is 6.54 Å². The molecule has 0 unspecified atom stereocenters. The Labute approximate surface area is 114 Å². The number of anilines is 2. The first-order valence-corrected chi connectivity index (χ1v) is 7.22. The lowest BCUT2D eigenvalue weighted by Gasteiger charge is -2.53. The Hall–Kier alpha value is -1.76. The minimum Gasteiger partial charge on any atom is -0.341 e. The summed E-state index contributed by atoms with van der Waals surface area (Å²) in [6, 6.07) is 17.9. The highest BCUT2D eigenvalue weighted by Gasteiger charge is 2.48. The molecule has 19 heavy (non-hydrogen) atoms. The highest BCUT2D eigenvalue weighted by atomic mass is 15.2. The third kappa shape index (κ3) is 1.21. The first kappa shape index (κ1) is 11.1. The van der Waals surface area contributed by atoms with Crippen LogP contribution in [0.15, 0.2) is 48.5 Å². The molecule has 3 heterocycles. The van der Waals surface area contributed by atoms with Gasteiger partial charge in [0.15, 0.2) is 0 Å². The highest BCUT2D eigenvalue weighted by molar-refractivity contribution is 5.80. The average molecular weight is 249 g/mol. The van der Waals surface area contributed by atoms with Crippen LogP contribution < -0.4 is 4.90 Å². The quantitative estimate of drug-likeness (QED) is 0.720. The summed E-state index contributed by atoms with van der Waals surface area (Å²) >= 11 is 0. The number of nitrogens with zero attached hydrogens (tertiary/aromatic N) is 1. The average Bonchev–Trinajstić information content (AvgIpc) is 2.47. The molecule has 0 atom stereocenters.